The molecule has 4 nitrogen and oxygen atoms in total. The highest BCUT2D eigenvalue weighted by atomic mass is 17.2. The predicted octanol–water partition coefficient (Wildman–Crippen LogP) is 0.157. The van der Waals surface area contributed by atoms with Crippen molar-refractivity contribution in [3.63, 3.8) is 0 Å². The lowest BCUT2D eigenvalue weighted by atomic mass is 11.2. The summed E-state index contributed by atoms with van der Waals surface area (Å²) >= 11 is 0. The van der Waals surface area contributed by atoms with Gasteiger partial charge >= 0.3 is 6.09 Å². The fourth-order valence-electron chi connectivity index (χ4n) is 0.0814. The number of rotatable bonds is 2. The smallest absolute Gasteiger partial charge is 0.332 e. The van der Waals surface area contributed by atoms with E-state index in [9.17, 15) is 4.79 Å². The van der Waals surface area contributed by atoms with Crippen LogP contribution in [0.25, 0.3) is 0 Å². The van der Waals surface area contributed by atoms with Gasteiger partial charge in [-0.25, -0.2) is 9.68 Å². The Kier molecular flexibility index (Phi) is 2.50. The summed E-state index contributed by atoms with van der Waals surface area (Å²) < 4.78 is 0. The molecular formula is C3H5NO3. The third-order valence-corrected chi connectivity index (χ3v) is 0.198. The Labute approximate surface area is 40.4 Å². The average Bonchev–Trinajstić information content (AvgIpc) is 1.61. The highest BCUT2D eigenvalue weighted by Crippen LogP contribution is 1.73. The minimum absolute atomic E-state index is 0.949. The van der Waals surface area contributed by atoms with Crippen molar-refractivity contribution in [1.29, 1.82) is 0 Å². The molecule has 0 unspecified atom stereocenters. The van der Waals surface area contributed by atoms with E-state index >= 15 is 0 Å². The molecule has 0 saturated heterocycles. The SMILES string of the molecule is C=COOC(N)=O. The molecule has 0 spiro atoms. The lowest BCUT2D eigenvalue weighted by Gasteiger charge is -1.90. The molecule has 0 aliphatic rings. The summed E-state index contributed by atoms with van der Waals surface area (Å²) in [6, 6.07) is 0. The Morgan fingerprint density at radius 1 is 1.86 bits per heavy atom. The maximum atomic E-state index is 9.59. The number of primary amides is 1. The molecule has 0 rings (SSSR count). The van der Waals surface area contributed by atoms with Gasteiger partial charge in [-0.15, -0.1) is 0 Å². The van der Waals surface area contributed by atoms with Crippen LogP contribution in [0.3, 0.4) is 0 Å². The van der Waals surface area contributed by atoms with Gasteiger partial charge in [0, 0.05) is 0 Å². The van der Waals surface area contributed by atoms with Gasteiger partial charge in [0.15, 0.2) is 0 Å². The largest absolute Gasteiger partial charge is 0.447 e. The van der Waals surface area contributed by atoms with Crippen molar-refractivity contribution in [2.24, 2.45) is 5.73 Å². The summed E-state index contributed by atoms with van der Waals surface area (Å²) in [6.45, 7) is 3.08. The van der Waals surface area contributed by atoms with E-state index < -0.39 is 6.09 Å². The maximum Gasteiger partial charge on any atom is 0.447 e. The van der Waals surface area contributed by atoms with Crippen LogP contribution in [0.1, 0.15) is 0 Å². The fraction of sp³-hybridized carbons (Fsp3) is 0. The number of hydrogen-bond donors (Lipinski definition) is 1. The van der Waals surface area contributed by atoms with Gasteiger partial charge in [-0.2, -0.15) is 0 Å². The Morgan fingerprint density at radius 2 is 2.43 bits per heavy atom. The van der Waals surface area contributed by atoms with Crippen LogP contribution >= 0.6 is 0 Å². The monoisotopic (exact) mass is 103 g/mol. The zero-order chi connectivity index (χ0) is 5.70. The summed E-state index contributed by atoms with van der Waals surface area (Å²) in [5.74, 6) is 0. The van der Waals surface area contributed by atoms with Gasteiger partial charge in [-0.1, -0.05) is 6.58 Å². The van der Waals surface area contributed by atoms with E-state index in [1.54, 1.807) is 0 Å². The van der Waals surface area contributed by atoms with Crippen LogP contribution in [0.5, 0.6) is 0 Å². The fourth-order valence-corrected chi connectivity index (χ4v) is 0.0814. The molecule has 0 radical (unpaired) electrons. The quantitative estimate of drug-likeness (QED) is 0.307. The van der Waals surface area contributed by atoms with Crippen molar-refractivity contribution in [1.82, 2.24) is 0 Å². The molecule has 0 aliphatic heterocycles. The normalized spacial score (nSPS) is 6.86. The number of amides is 1. The van der Waals surface area contributed by atoms with Crippen LogP contribution in [0, 0.1) is 0 Å². The van der Waals surface area contributed by atoms with Gasteiger partial charge in [0.05, 0.1) is 0 Å². The second-order valence-corrected chi connectivity index (χ2v) is 0.665. The first-order valence-corrected chi connectivity index (χ1v) is 1.51. The third kappa shape index (κ3) is 4.81. The van der Waals surface area contributed by atoms with Crippen LogP contribution in [-0.4, -0.2) is 6.09 Å². The summed E-state index contributed by atoms with van der Waals surface area (Å²) in [5.41, 5.74) is 4.44. The number of carbonyl (C=O) groups excluding carboxylic acids is 1. The molecule has 0 saturated carbocycles. The van der Waals surface area contributed by atoms with E-state index in [2.05, 4.69) is 22.1 Å². The third-order valence-electron chi connectivity index (χ3n) is 0.198. The second kappa shape index (κ2) is 3.02. The van der Waals surface area contributed by atoms with E-state index in [0.717, 1.165) is 6.26 Å². The lowest BCUT2D eigenvalue weighted by Crippen LogP contribution is -2.11. The van der Waals surface area contributed by atoms with Crippen LogP contribution in [0.15, 0.2) is 12.8 Å². The maximum absolute atomic E-state index is 9.59. The van der Waals surface area contributed by atoms with E-state index in [1.165, 1.54) is 0 Å². The first-order chi connectivity index (χ1) is 3.27. The molecule has 0 aliphatic carbocycles. The average molecular weight is 103 g/mol. The molecule has 2 N–H and O–H groups in total. The van der Waals surface area contributed by atoms with Crippen molar-refractivity contribution >= 4 is 6.09 Å². The summed E-state index contributed by atoms with van der Waals surface area (Å²) in [4.78, 5) is 17.2. The van der Waals surface area contributed by atoms with Gasteiger partial charge in [-0.3, -0.25) is 4.89 Å². The minimum atomic E-state index is -0.986. The van der Waals surface area contributed by atoms with Crippen molar-refractivity contribution < 1.29 is 14.6 Å². The van der Waals surface area contributed by atoms with Crippen LogP contribution in [-0.2, 0) is 9.78 Å². The molecule has 0 bridgehead atoms. The molecule has 4 heteroatoms. The summed E-state index contributed by atoms with van der Waals surface area (Å²) in [5, 5.41) is 0. The van der Waals surface area contributed by atoms with Gasteiger partial charge in [0.2, 0.25) is 0 Å². The van der Waals surface area contributed by atoms with Crippen molar-refractivity contribution in [2.75, 3.05) is 0 Å². The molecule has 0 atom stereocenters. The summed E-state index contributed by atoms with van der Waals surface area (Å²) in [6.07, 6.45) is -0.0370. The number of nitrogens with two attached hydrogens (primary N) is 1. The van der Waals surface area contributed by atoms with Gasteiger partial charge in [0.25, 0.3) is 0 Å². The molecule has 0 aromatic rings. The molecular weight excluding hydrogens is 98.0 g/mol. The van der Waals surface area contributed by atoms with E-state index in [-0.39, 0.29) is 0 Å². The van der Waals surface area contributed by atoms with Crippen LogP contribution < -0.4 is 5.73 Å². The van der Waals surface area contributed by atoms with Crippen molar-refractivity contribution in [3.05, 3.63) is 12.8 Å². The molecule has 0 heterocycles. The van der Waals surface area contributed by atoms with E-state index in [1.807, 2.05) is 0 Å². The Morgan fingerprint density at radius 3 is 2.57 bits per heavy atom. The number of hydrogen-bond acceptors (Lipinski definition) is 3. The molecule has 0 aromatic carbocycles. The zero-order valence-electron chi connectivity index (χ0n) is 3.59. The standard InChI is InChI=1S/C3H5NO3/c1-2-6-7-3(4)5/h2H,1H2,(H2,4,5). The van der Waals surface area contributed by atoms with Crippen molar-refractivity contribution in [3.8, 4) is 0 Å². The van der Waals surface area contributed by atoms with E-state index in [4.69, 9.17) is 0 Å². The second-order valence-electron chi connectivity index (χ2n) is 0.665. The lowest BCUT2D eigenvalue weighted by molar-refractivity contribution is -0.183. The highest BCUT2D eigenvalue weighted by molar-refractivity contribution is 5.63. The first-order valence-electron chi connectivity index (χ1n) is 1.51. The van der Waals surface area contributed by atoms with Gasteiger partial charge in [0.1, 0.15) is 6.26 Å². The molecule has 1 amide bonds. The Hall–Kier alpha value is -1.19. The Bertz CT molecular complexity index is 80.2. The molecule has 0 aromatic heterocycles. The van der Waals surface area contributed by atoms with E-state index in [0.29, 0.717) is 0 Å². The minimum Gasteiger partial charge on any atom is -0.332 e. The van der Waals surface area contributed by atoms with Crippen LogP contribution in [0.4, 0.5) is 4.79 Å². The van der Waals surface area contributed by atoms with Crippen LogP contribution in [0.2, 0.25) is 0 Å². The highest BCUT2D eigenvalue weighted by Gasteiger charge is 1.86. The topological polar surface area (TPSA) is 61.6 Å². The summed E-state index contributed by atoms with van der Waals surface area (Å²) in [7, 11) is 0. The van der Waals surface area contributed by atoms with Gasteiger partial charge in [-0.05, 0) is 0 Å². The first kappa shape index (κ1) is 5.81. The van der Waals surface area contributed by atoms with Gasteiger partial charge < -0.3 is 5.73 Å². The van der Waals surface area contributed by atoms with Crippen molar-refractivity contribution in [2.45, 2.75) is 0 Å². The molecule has 40 valence electrons. The Balaban J connectivity index is 2.97. The zero-order valence-corrected chi connectivity index (χ0v) is 3.59. The molecule has 7 heavy (non-hydrogen) atoms. The predicted molar refractivity (Wildman–Crippen MR) is 22.0 cm³/mol. The molecule has 0 fully saturated rings. The number of carbonyl (C=O) groups is 1.